The van der Waals surface area contributed by atoms with Crippen LogP contribution in [0.1, 0.15) is 57.1 Å². The number of aliphatic hydroxyl groups is 1. The van der Waals surface area contributed by atoms with E-state index in [0.717, 1.165) is 29.5 Å². The quantitative estimate of drug-likeness (QED) is 0.341. The van der Waals surface area contributed by atoms with E-state index in [4.69, 9.17) is 26.4 Å². The summed E-state index contributed by atoms with van der Waals surface area (Å²) in [6.45, 7) is 4.10. The Morgan fingerprint density at radius 1 is 1.20 bits per heavy atom. The van der Waals surface area contributed by atoms with Crippen LogP contribution in [-0.4, -0.2) is 62.8 Å². The van der Waals surface area contributed by atoms with Gasteiger partial charge < -0.3 is 24.8 Å². The lowest BCUT2D eigenvalue weighted by atomic mass is 9.70. The van der Waals surface area contributed by atoms with E-state index in [2.05, 4.69) is 11.1 Å². The van der Waals surface area contributed by atoms with Gasteiger partial charge in [-0.3, -0.25) is 9.59 Å². The van der Waals surface area contributed by atoms with Gasteiger partial charge in [-0.1, -0.05) is 41.9 Å². The van der Waals surface area contributed by atoms with Gasteiger partial charge in [0.15, 0.2) is 0 Å². The SMILES string of the molecule is CC(C)(C(=O)O)C1CCC(Oc2[nH]c3cc(Cl)c(-c4ccc(C5=CCN(C(=O)CO)CC5)cc4)nc3c2C#N)CC1. The number of aliphatic carboxylic acids is 1. The fourth-order valence-electron chi connectivity index (χ4n) is 5.81. The Labute approximate surface area is 243 Å². The summed E-state index contributed by atoms with van der Waals surface area (Å²) >= 11 is 6.64. The van der Waals surface area contributed by atoms with Crippen LogP contribution in [0.25, 0.3) is 27.9 Å². The maximum absolute atomic E-state index is 11.7. The number of benzene rings is 1. The molecule has 1 aliphatic heterocycles. The molecule has 214 valence electrons. The minimum Gasteiger partial charge on any atom is -0.481 e. The molecule has 0 saturated heterocycles. The topological polar surface area (TPSA) is 140 Å². The van der Waals surface area contributed by atoms with E-state index < -0.39 is 18.0 Å². The van der Waals surface area contributed by atoms with Crippen molar-refractivity contribution >= 4 is 40.1 Å². The van der Waals surface area contributed by atoms with Crippen molar-refractivity contribution in [3.63, 3.8) is 0 Å². The number of rotatable bonds is 7. The van der Waals surface area contributed by atoms with Gasteiger partial charge in [0.05, 0.1) is 21.6 Å². The Hall–Kier alpha value is -3.87. The number of amides is 1. The molecule has 0 atom stereocenters. The first-order valence-corrected chi connectivity index (χ1v) is 14.2. The van der Waals surface area contributed by atoms with Crippen molar-refractivity contribution < 1.29 is 24.5 Å². The molecule has 0 radical (unpaired) electrons. The van der Waals surface area contributed by atoms with Crippen LogP contribution in [0.15, 0.2) is 36.4 Å². The smallest absolute Gasteiger partial charge is 0.309 e. The van der Waals surface area contributed by atoms with Gasteiger partial charge in [0.25, 0.3) is 0 Å². The number of pyridine rings is 1. The number of nitriles is 1. The molecule has 0 spiro atoms. The molecule has 10 heteroatoms. The summed E-state index contributed by atoms with van der Waals surface area (Å²) in [4.78, 5) is 32.9. The number of hydrogen-bond donors (Lipinski definition) is 3. The molecule has 1 amide bonds. The average molecular weight is 577 g/mol. The molecule has 0 bridgehead atoms. The summed E-state index contributed by atoms with van der Waals surface area (Å²) in [6, 6.07) is 11.8. The largest absolute Gasteiger partial charge is 0.481 e. The lowest BCUT2D eigenvalue weighted by Crippen LogP contribution is -2.37. The molecule has 41 heavy (non-hydrogen) atoms. The van der Waals surface area contributed by atoms with Crippen LogP contribution in [-0.2, 0) is 9.59 Å². The van der Waals surface area contributed by atoms with E-state index in [1.54, 1.807) is 24.8 Å². The van der Waals surface area contributed by atoms with Gasteiger partial charge in [-0.25, -0.2) is 4.98 Å². The van der Waals surface area contributed by atoms with Gasteiger partial charge in [-0.15, -0.1) is 0 Å². The second-order valence-electron chi connectivity index (χ2n) is 11.3. The number of halogens is 1. The molecule has 5 rings (SSSR count). The molecular weight excluding hydrogens is 544 g/mol. The van der Waals surface area contributed by atoms with Crippen LogP contribution in [0.2, 0.25) is 5.02 Å². The number of aromatic amines is 1. The normalized spacial score (nSPS) is 19.5. The first-order chi connectivity index (χ1) is 19.6. The lowest BCUT2D eigenvalue weighted by Gasteiger charge is -2.36. The number of nitrogens with zero attached hydrogens (tertiary/aromatic N) is 3. The van der Waals surface area contributed by atoms with Crippen molar-refractivity contribution in [2.24, 2.45) is 11.3 Å². The Kier molecular flexibility index (Phi) is 8.07. The number of carbonyl (C=O) groups excluding carboxylic acids is 1. The molecule has 9 nitrogen and oxygen atoms in total. The molecule has 1 saturated carbocycles. The molecule has 3 heterocycles. The van der Waals surface area contributed by atoms with Gasteiger partial charge >= 0.3 is 5.97 Å². The molecule has 3 aromatic rings. The molecule has 2 aromatic heterocycles. The second-order valence-corrected chi connectivity index (χ2v) is 11.7. The Balaban J connectivity index is 1.33. The summed E-state index contributed by atoms with van der Waals surface area (Å²) in [6.07, 6.45) is 5.48. The Bertz CT molecular complexity index is 1550. The standard InChI is InChI=1S/C31H33ClN4O5/c1-31(2,30(39)40)21-7-9-22(10-8-21)41-29-23(16-33)28-25(34-29)15-24(32)27(35-28)20-5-3-18(4-6-20)19-11-13-36(14-12-19)26(38)17-37/h3-6,11,15,21-22,34,37H,7-10,12-14,17H2,1-2H3,(H,39,40). The summed E-state index contributed by atoms with van der Waals surface area (Å²) in [7, 11) is 0. The third kappa shape index (κ3) is 5.67. The number of hydrogen-bond acceptors (Lipinski definition) is 6. The average Bonchev–Trinajstić information content (AvgIpc) is 3.32. The number of carboxylic acid groups (broad SMARTS) is 1. The van der Waals surface area contributed by atoms with Gasteiger partial charge in [0.1, 0.15) is 29.9 Å². The van der Waals surface area contributed by atoms with Crippen molar-refractivity contribution in [3.05, 3.63) is 52.6 Å². The summed E-state index contributed by atoms with van der Waals surface area (Å²) in [5, 5.41) is 29.1. The fraction of sp³-hybridized carbons (Fsp3) is 0.419. The minimum atomic E-state index is -0.785. The number of carboxylic acids is 1. The summed E-state index contributed by atoms with van der Waals surface area (Å²) in [5.41, 5.74) is 4.16. The van der Waals surface area contributed by atoms with Crippen LogP contribution in [0.5, 0.6) is 5.88 Å². The molecule has 3 N–H and O–H groups in total. The van der Waals surface area contributed by atoms with Crippen molar-refractivity contribution in [3.8, 4) is 23.2 Å². The number of fused-ring (bicyclic) bond motifs is 1. The van der Waals surface area contributed by atoms with Gasteiger partial charge in [0.2, 0.25) is 11.8 Å². The van der Waals surface area contributed by atoms with E-state index in [1.807, 2.05) is 30.3 Å². The van der Waals surface area contributed by atoms with Crippen LogP contribution < -0.4 is 4.74 Å². The fourth-order valence-corrected chi connectivity index (χ4v) is 6.07. The minimum absolute atomic E-state index is 0.0759. The highest BCUT2D eigenvalue weighted by atomic mass is 35.5. The second kappa shape index (κ2) is 11.6. The number of nitrogens with one attached hydrogen (secondary N) is 1. The van der Waals surface area contributed by atoms with Gasteiger partial charge in [0, 0.05) is 18.7 Å². The highest BCUT2D eigenvalue weighted by molar-refractivity contribution is 6.33. The third-order valence-electron chi connectivity index (χ3n) is 8.56. The maximum Gasteiger partial charge on any atom is 0.309 e. The number of carbonyl (C=O) groups is 2. The Morgan fingerprint density at radius 3 is 2.46 bits per heavy atom. The number of aromatic nitrogens is 2. The van der Waals surface area contributed by atoms with Crippen molar-refractivity contribution in [1.82, 2.24) is 14.9 Å². The first-order valence-electron chi connectivity index (χ1n) is 13.8. The van der Waals surface area contributed by atoms with E-state index in [1.165, 1.54) is 0 Å². The lowest BCUT2D eigenvalue weighted by molar-refractivity contribution is -0.151. The number of ether oxygens (including phenoxy) is 1. The summed E-state index contributed by atoms with van der Waals surface area (Å²) in [5.74, 6) is -0.620. The molecular formula is C31H33ClN4O5. The third-order valence-corrected chi connectivity index (χ3v) is 8.84. The zero-order valence-electron chi connectivity index (χ0n) is 23.1. The van der Waals surface area contributed by atoms with Crippen LogP contribution in [0.3, 0.4) is 0 Å². The number of H-pyrrole nitrogens is 1. The summed E-state index contributed by atoms with van der Waals surface area (Å²) < 4.78 is 6.23. The maximum atomic E-state index is 11.7. The highest BCUT2D eigenvalue weighted by Gasteiger charge is 2.39. The van der Waals surface area contributed by atoms with E-state index in [0.29, 0.717) is 65.5 Å². The molecule has 0 unspecified atom stereocenters. The van der Waals surface area contributed by atoms with E-state index >= 15 is 0 Å². The van der Waals surface area contributed by atoms with E-state index in [9.17, 15) is 20.0 Å². The Morgan fingerprint density at radius 2 is 1.88 bits per heavy atom. The zero-order valence-corrected chi connectivity index (χ0v) is 23.9. The highest BCUT2D eigenvalue weighted by Crippen LogP contribution is 2.40. The molecule has 2 aliphatic rings. The molecule has 1 aliphatic carbocycles. The molecule has 1 fully saturated rings. The van der Waals surface area contributed by atoms with Crippen LogP contribution in [0, 0.1) is 22.7 Å². The first kappa shape index (κ1) is 28.7. The molecule has 1 aromatic carbocycles. The monoisotopic (exact) mass is 576 g/mol. The van der Waals surface area contributed by atoms with E-state index in [-0.39, 0.29) is 17.9 Å². The zero-order chi connectivity index (χ0) is 29.3. The van der Waals surface area contributed by atoms with Gasteiger partial charge in [-0.2, -0.15) is 5.26 Å². The van der Waals surface area contributed by atoms with Crippen molar-refractivity contribution in [1.29, 1.82) is 5.26 Å². The predicted octanol–water partition coefficient (Wildman–Crippen LogP) is 5.41. The number of aliphatic hydroxyl groups excluding tert-OH is 1. The predicted molar refractivity (Wildman–Crippen MR) is 155 cm³/mol. The van der Waals surface area contributed by atoms with Crippen LogP contribution in [0.4, 0.5) is 0 Å². The van der Waals surface area contributed by atoms with Crippen molar-refractivity contribution in [2.75, 3.05) is 19.7 Å². The van der Waals surface area contributed by atoms with Gasteiger partial charge in [-0.05, 0) is 69.1 Å². The van der Waals surface area contributed by atoms with Crippen molar-refractivity contribution in [2.45, 2.75) is 52.1 Å². The van der Waals surface area contributed by atoms with Crippen LogP contribution >= 0.6 is 11.6 Å².